The van der Waals surface area contributed by atoms with Gasteiger partial charge in [-0.15, -0.1) is 0 Å². The minimum absolute atomic E-state index is 0.0186. The van der Waals surface area contributed by atoms with Crippen LogP contribution in [-0.4, -0.2) is 42.4 Å². The van der Waals surface area contributed by atoms with Gasteiger partial charge in [-0.1, -0.05) is 18.2 Å². The van der Waals surface area contributed by atoms with Crippen LogP contribution in [0.25, 0.3) is 0 Å². The monoisotopic (exact) mass is 265 g/mol. The molecule has 0 saturated carbocycles. The molecule has 1 aromatic rings. The van der Waals surface area contributed by atoms with Gasteiger partial charge in [-0.2, -0.15) is 0 Å². The quantitative estimate of drug-likeness (QED) is 0.456. The predicted octanol–water partition coefficient (Wildman–Crippen LogP) is 1.21. The number of benzene rings is 1. The Morgan fingerprint density at radius 2 is 2.11 bits per heavy atom. The molecule has 19 heavy (non-hydrogen) atoms. The Kier molecular flexibility index (Phi) is 5.95. The van der Waals surface area contributed by atoms with Crippen molar-refractivity contribution in [3.05, 3.63) is 39.9 Å². The van der Waals surface area contributed by atoms with Crippen molar-refractivity contribution < 1.29 is 9.72 Å². The van der Waals surface area contributed by atoms with E-state index >= 15 is 0 Å². The zero-order valence-corrected chi connectivity index (χ0v) is 11.3. The molecule has 0 aliphatic heterocycles. The maximum atomic E-state index is 11.5. The summed E-state index contributed by atoms with van der Waals surface area (Å²) in [6.07, 6.45) is 0.528. The maximum Gasteiger partial charge on any atom is 0.272 e. The van der Waals surface area contributed by atoms with Gasteiger partial charge in [-0.3, -0.25) is 14.9 Å². The molecule has 0 heterocycles. The van der Waals surface area contributed by atoms with Gasteiger partial charge >= 0.3 is 0 Å². The van der Waals surface area contributed by atoms with E-state index in [-0.39, 0.29) is 23.1 Å². The standard InChI is InChI=1S/C13H19N3O3/c1-3-15(2)13(17)10-14-9-8-11-6-4-5-7-12(11)16(18)19/h4-7,14H,3,8-10H2,1-2H3. The first-order valence-corrected chi connectivity index (χ1v) is 6.23. The van der Waals surface area contributed by atoms with E-state index in [9.17, 15) is 14.9 Å². The molecule has 0 radical (unpaired) electrons. The van der Waals surface area contributed by atoms with E-state index in [1.165, 1.54) is 6.07 Å². The lowest BCUT2D eigenvalue weighted by molar-refractivity contribution is -0.385. The van der Waals surface area contributed by atoms with Gasteiger partial charge in [0.25, 0.3) is 5.69 Å². The lowest BCUT2D eigenvalue weighted by atomic mass is 10.1. The molecule has 0 saturated heterocycles. The SMILES string of the molecule is CCN(C)C(=O)CNCCc1ccccc1[N+](=O)[O-]. The van der Waals surface area contributed by atoms with Crippen LogP contribution in [0.4, 0.5) is 5.69 Å². The molecule has 0 aromatic heterocycles. The number of nitro benzene ring substituents is 1. The summed E-state index contributed by atoms with van der Waals surface area (Å²) in [5.74, 6) is 0.0186. The zero-order valence-electron chi connectivity index (χ0n) is 11.3. The van der Waals surface area contributed by atoms with Crippen LogP contribution in [0.1, 0.15) is 12.5 Å². The number of carbonyl (C=O) groups excluding carboxylic acids is 1. The van der Waals surface area contributed by atoms with E-state index in [4.69, 9.17) is 0 Å². The first kappa shape index (κ1) is 15.1. The fourth-order valence-corrected chi connectivity index (χ4v) is 1.63. The van der Waals surface area contributed by atoms with Gasteiger partial charge in [-0.05, 0) is 19.9 Å². The van der Waals surface area contributed by atoms with Crippen LogP contribution >= 0.6 is 0 Å². The summed E-state index contributed by atoms with van der Waals surface area (Å²) in [7, 11) is 1.74. The average molecular weight is 265 g/mol. The number of hydrogen-bond acceptors (Lipinski definition) is 4. The molecule has 0 unspecified atom stereocenters. The Morgan fingerprint density at radius 1 is 1.42 bits per heavy atom. The van der Waals surface area contributed by atoms with Gasteiger partial charge in [0.2, 0.25) is 5.91 Å². The number of carbonyl (C=O) groups is 1. The third-order valence-electron chi connectivity index (χ3n) is 2.94. The van der Waals surface area contributed by atoms with Crippen molar-refractivity contribution in [2.24, 2.45) is 0 Å². The molecule has 1 aromatic carbocycles. The van der Waals surface area contributed by atoms with Crippen LogP contribution in [0.2, 0.25) is 0 Å². The second kappa shape index (κ2) is 7.48. The summed E-state index contributed by atoms with van der Waals surface area (Å²) in [5, 5.41) is 13.8. The predicted molar refractivity (Wildman–Crippen MR) is 73.0 cm³/mol. The Morgan fingerprint density at radius 3 is 2.74 bits per heavy atom. The molecule has 6 heteroatoms. The summed E-state index contributed by atoms with van der Waals surface area (Å²) in [6, 6.07) is 6.65. The van der Waals surface area contributed by atoms with Gasteiger partial charge in [0.15, 0.2) is 0 Å². The maximum absolute atomic E-state index is 11.5. The van der Waals surface area contributed by atoms with E-state index in [1.54, 1.807) is 30.1 Å². The first-order valence-electron chi connectivity index (χ1n) is 6.23. The molecule has 0 bridgehead atoms. The average Bonchev–Trinajstić information content (AvgIpc) is 2.42. The van der Waals surface area contributed by atoms with Crippen molar-refractivity contribution >= 4 is 11.6 Å². The molecule has 6 nitrogen and oxygen atoms in total. The molecule has 104 valence electrons. The van der Waals surface area contributed by atoms with Crippen molar-refractivity contribution in [1.82, 2.24) is 10.2 Å². The Bertz CT molecular complexity index is 449. The third-order valence-corrected chi connectivity index (χ3v) is 2.94. The second-order valence-electron chi connectivity index (χ2n) is 4.22. The molecule has 0 atom stereocenters. The largest absolute Gasteiger partial charge is 0.345 e. The molecular formula is C13H19N3O3. The molecule has 1 amide bonds. The summed E-state index contributed by atoms with van der Waals surface area (Å²) in [6.45, 7) is 3.37. The van der Waals surface area contributed by atoms with E-state index in [2.05, 4.69) is 5.32 Å². The summed E-state index contributed by atoms with van der Waals surface area (Å²) in [5.41, 5.74) is 0.803. The second-order valence-corrected chi connectivity index (χ2v) is 4.22. The van der Waals surface area contributed by atoms with Crippen LogP contribution in [0.15, 0.2) is 24.3 Å². The highest BCUT2D eigenvalue weighted by atomic mass is 16.6. The number of nitrogens with one attached hydrogen (secondary N) is 1. The van der Waals surface area contributed by atoms with E-state index < -0.39 is 0 Å². The van der Waals surface area contributed by atoms with Gasteiger partial charge in [0.05, 0.1) is 11.5 Å². The summed E-state index contributed by atoms with van der Waals surface area (Å²) >= 11 is 0. The first-order chi connectivity index (χ1) is 9.06. The van der Waals surface area contributed by atoms with Crippen molar-refractivity contribution in [3.8, 4) is 0 Å². The summed E-state index contributed by atoms with van der Waals surface area (Å²) < 4.78 is 0. The van der Waals surface area contributed by atoms with Crippen molar-refractivity contribution in [2.75, 3.05) is 26.7 Å². The molecule has 0 aliphatic carbocycles. The minimum Gasteiger partial charge on any atom is -0.345 e. The van der Waals surface area contributed by atoms with Gasteiger partial charge in [0.1, 0.15) is 0 Å². The summed E-state index contributed by atoms with van der Waals surface area (Å²) in [4.78, 5) is 23.6. The smallest absolute Gasteiger partial charge is 0.272 e. The highest BCUT2D eigenvalue weighted by Crippen LogP contribution is 2.17. The number of rotatable bonds is 7. The van der Waals surface area contributed by atoms with Crippen LogP contribution < -0.4 is 5.32 Å². The number of likely N-dealkylation sites (N-methyl/N-ethyl adjacent to an activating group) is 1. The third kappa shape index (κ3) is 4.67. The highest BCUT2D eigenvalue weighted by Gasteiger charge is 2.12. The lowest BCUT2D eigenvalue weighted by Gasteiger charge is -2.14. The zero-order chi connectivity index (χ0) is 14.3. The van der Waals surface area contributed by atoms with Crippen molar-refractivity contribution in [3.63, 3.8) is 0 Å². The number of amides is 1. The fraction of sp³-hybridized carbons (Fsp3) is 0.462. The Labute approximate surface area is 112 Å². The number of hydrogen-bond donors (Lipinski definition) is 1. The van der Waals surface area contributed by atoms with Gasteiger partial charge in [-0.25, -0.2) is 0 Å². The highest BCUT2D eigenvalue weighted by molar-refractivity contribution is 5.77. The molecule has 0 aliphatic rings. The van der Waals surface area contributed by atoms with Crippen LogP contribution in [0.3, 0.4) is 0 Å². The van der Waals surface area contributed by atoms with Gasteiger partial charge in [0, 0.05) is 25.2 Å². The Balaban J connectivity index is 2.42. The van der Waals surface area contributed by atoms with Gasteiger partial charge < -0.3 is 10.2 Å². The topological polar surface area (TPSA) is 75.5 Å². The fourth-order valence-electron chi connectivity index (χ4n) is 1.63. The molecule has 0 spiro atoms. The van der Waals surface area contributed by atoms with Crippen LogP contribution in [-0.2, 0) is 11.2 Å². The van der Waals surface area contributed by atoms with Crippen molar-refractivity contribution in [2.45, 2.75) is 13.3 Å². The Hall–Kier alpha value is -1.95. The minimum atomic E-state index is -0.384. The lowest BCUT2D eigenvalue weighted by Crippen LogP contribution is -2.36. The number of nitrogens with zero attached hydrogens (tertiary/aromatic N) is 2. The van der Waals surface area contributed by atoms with E-state index in [0.29, 0.717) is 25.1 Å². The van der Waals surface area contributed by atoms with E-state index in [0.717, 1.165) is 0 Å². The molecule has 1 rings (SSSR count). The van der Waals surface area contributed by atoms with Crippen LogP contribution in [0.5, 0.6) is 0 Å². The number of para-hydroxylation sites is 1. The molecule has 0 fully saturated rings. The number of nitro groups is 1. The molecular weight excluding hydrogens is 246 g/mol. The van der Waals surface area contributed by atoms with Crippen LogP contribution in [0, 0.1) is 10.1 Å². The van der Waals surface area contributed by atoms with E-state index in [1.807, 2.05) is 6.92 Å². The van der Waals surface area contributed by atoms with Crippen molar-refractivity contribution in [1.29, 1.82) is 0 Å². The normalized spacial score (nSPS) is 10.2. The molecule has 1 N–H and O–H groups in total.